The van der Waals surface area contributed by atoms with E-state index in [1.165, 1.54) is 0 Å². The van der Waals surface area contributed by atoms with Gasteiger partial charge >= 0.3 is 6.03 Å². The SMILES string of the molecule is O=C(Nc1ccc(Br)cc1)N1CCOC(c2ccccc2)C1. The van der Waals surface area contributed by atoms with Gasteiger partial charge in [0, 0.05) is 16.7 Å². The predicted molar refractivity (Wildman–Crippen MR) is 89.9 cm³/mol. The molecule has 0 spiro atoms. The quantitative estimate of drug-likeness (QED) is 0.877. The van der Waals surface area contributed by atoms with Crippen LogP contribution in [-0.4, -0.2) is 30.6 Å². The number of benzene rings is 2. The highest BCUT2D eigenvalue weighted by atomic mass is 79.9. The van der Waals surface area contributed by atoms with Gasteiger partial charge in [-0.15, -0.1) is 0 Å². The molecule has 1 N–H and O–H groups in total. The van der Waals surface area contributed by atoms with Crippen molar-refractivity contribution in [2.45, 2.75) is 6.10 Å². The maximum atomic E-state index is 12.4. The van der Waals surface area contributed by atoms with Crippen LogP contribution in [0, 0.1) is 0 Å². The first-order valence-corrected chi connectivity index (χ1v) is 8.00. The molecule has 2 amide bonds. The summed E-state index contributed by atoms with van der Waals surface area (Å²) < 4.78 is 6.77. The molecule has 0 saturated carbocycles. The van der Waals surface area contributed by atoms with Crippen LogP contribution in [0.25, 0.3) is 0 Å². The molecule has 1 unspecified atom stereocenters. The largest absolute Gasteiger partial charge is 0.370 e. The number of nitrogens with zero attached hydrogens (tertiary/aromatic N) is 1. The van der Waals surface area contributed by atoms with Crippen LogP contribution in [0.4, 0.5) is 10.5 Å². The molecule has 0 aromatic heterocycles. The Kier molecular flexibility index (Phi) is 4.75. The molecule has 2 aromatic rings. The third-order valence-corrected chi connectivity index (χ3v) is 4.15. The number of amides is 2. The van der Waals surface area contributed by atoms with Crippen molar-refractivity contribution in [3.8, 4) is 0 Å². The Morgan fingerprint density at radius 1 is 1.14 bits per heavy atom. The van der Waals surface area contributed by atoms with E-state index in [2.05, 4.69) is 21.2 Å². The Morgan fingerprint density at radius 2 is 1.86 bits per heavy atom. The number of hydrogen-bond acceptors (Lipinski definition) is 2. The van der Waals surface area contributed by atoms with Gasteiger partial charge in [0.15, 0.2) is 0 Å². The molecule has 0 radical (unpaired) electrons. The minimum atomic E-state index is -0.0912. The van der Waals surface area contributed by atoms with Gasteiger partial charge in [0.1, 0.15) is 6.10 Å². The van der Waals surface area contributed by atoms with Gasteiger partial charge in [-0.3, -0.25) is 0 Å². The summed E-state index contributed by atoms with van der Waals surface area (Å²) in [5, 5.41) is 2.92. The van der Waals surface area contributed by atoms with Crippen molar-refractivity contribution >= 4 is 27.6 Å². The summed E-state index contributed by atoms with van der Waals surface area (Å²) in [6.07, 6.45) is -0.0642. The summed E-state index contributed by atoms with van der Waals surface area (Å²) >= 11 is 3.38. The van der Waals surface area contributed by atoms with Crippen LogP contribution in [0.1, 0.15) is 11.7 Å². The number of ether oxygens (including phenoxy) is 1. The molecule has 1 fully saturated rings. The number of halogens is 1. The van der Waals surface area contributed by atoms with E-state index in [9.17, 15) is 4.79 Å². The molecule has 0 aliphatic carbocycles. The molecule has 3 rings (SSSR count). The normalized spacial score (nSPS) is 18.0. The molecule has 4 nitrogen and oxygen atoms in total. The van der Waals surface area contributed by atoms with Crippen molar-refractivity contribution in [1.29, 1.82) is 0 Å². The zero-order valence-corrected chi connectivity index (χ0v) is 13.6. The number of rotatable bonds is 2. The second kappa shape index (κ2) is 6.94. The van der Waals surface area contributed by atoms with E-state index in [1.807, 2.05) is 54.6 Å². The van der Waals surface area contributed by atoms with Crippen LogP contribution < -0.4 is 5.32 Å². The van der Waals surface area contributed by atoms with Crippen molar-refractivity contribution in [2.24, 2.45) is 0 Å². The lowest BCUT2D eigenvalue weighted by Gasteiger charge is -2.33. The number of carbonyl (C=O) groups excluding carboxylic acids is 1. The second-order valence-corrected chi connectivity index (χ2v) is 6.07. The van der Waals surface area contributed by atoms with Gasteiger partial charge in [-0.1, -0.05) is 46.3 Å². The van der Waals surface area contributed by atoms with E-state index in [-0.39, 0.29) is 12.1 Å². The van der Waals surface area contributed by atoms with Gasteiger partial charge in [0.25, 0.3) is 0 Å². The molecular weight excluding hydrogens is 344 g/mol. The topological polar surface area (TPSA) is 41.6 Å². The predicted octanol–water partition coefficient (Wildman–Crippen LogP) is 4.05. The number of anilines is 1. The molecule has 0 bridgehead atoms. The Bertz CT molecular complexity index is 631. The van der Waals surface area contributed by atoms with Crippen LogP contribution in [0.15, 0.2) is 59.1 Å². The zero-order valence-electron chi connectivity index (χ0n) is 12.0. The lowest BCUT2D eigenvalue weighted by atomic mass is 10.1. The van der Waals surface area contributed by atoms with Gasteiger partial charge in [-0.25, -0.2) is 4.79 Å². The number of hydrogen-bond donors (Lipinski definition) is 1. The Labute approximate surface area is 138 Å². The minimum absolute atomic E-state index is 0.0642. The fourth-order valence-corrected chi connectivity index (χ4v) is 2.70. The van der Waals surface area contributed by atoms with E-state index in [0.29, 0.717) is 19.7 Å². The monoisotopic (exact) mass is 360 g/mol. The molecule has 1 aliphatic heterocycles. The summed E-state index contributed by atoms with van der Waals surface area (Å²) in [6, 6.07) is 17.5. The van der Waals surface area contributed by atoms with Crippen molar-refractivity contribution in [1.82, 2.24) is 4.90 Å². The van der Waals surface area contributed by atoms with Crippen molar-refractivity contribution in [3.05, 3.63) is 64.6 Å². The first-order chi connectivity index (χ1) is 10.7. The summed E-state index contributed by atoms with van der Waals surface area (Å²) in [7, 11) is 0. The van der Waals surface area contributed by atoms with Gasteiger partial charge in [0.2, 0.25) is 0 Å². The third-order valence-electron chi connectivity index (χ3n) is 3.62. The third kappa shape index (κ3) is 3.67. The van der Waals surface area contributed by atoms with E-state index in [4.69, 9.17) is 4.74 Å². The first kappa shape index (κ1) is 15.1. The smallest absolute Gasteiger partial charge is 0.322 e. The molecule has 1 atom stereocenters. The fraction of sp³-hybridized carbons (Fsp3) is 0.235. The summed E-state index contributed by atoms with van der Waals surface area (Å²) in [4.78, 5) is 14.2. The highest BCUT2D eigenvalue weighted by Gasteiger charge is 2.25. The number of morpholine rings is 1. The number of nitrogens with one attached hydrogen (secondary N) is 1. The van der Waals surface area contributed by atoms with E-state index in [0.717, 1.165) is 15.7 Å². The molecule has 5 heteroatoms. The zero-order chi connectivity index (χ0) is 15.4. The minimum Gasteiger partial charge on any atom is -0.370 e. The van der Waals surface area contributed by atoms with Crippen LogP contribution in [-0.2, 0) is 4.74 Å². The number of carbonyl (C=O) groups is 1. The summed E-state index contributed by atoms with van der Waals surface area (Å²) in [6.45, 7) is 1.71. The van der Waals surface area contributed by atoms with Crippen LogP contribution >= 0.6 is 15.9 Å². The highest BCUT2D eigenvalue weighted by Crippen LogP contribution is 2.22. The molecule has 22 heavy (non-hydrogen) atoms. The van der Waals surface area contributed by atoms with E-state index >= 15 is 0 Å². The Balaban J connectivity index is 1.64. The maximum Gasteiger partial charge on any atom is 0.322 e. The first-order valence-electron chi connectivity index (χ1n) is 7.20. The van der Waals surface area contributed by atoms with E-state index in [1.54, 1.807) is 4.90 Å². The molecule has 1 heterocycles. The van der Waals surface area contributed by atoms with Crippen LogP contribution in [0.5, 0.6) is 0 Å². The van der Waals surface area contributed by atoms with Crippen molar-refractivity contribution in [2.75, 3.05) is 25.0 Å². The average Bonchev–Trinajstić information content (AvgIpc) is 2.58. The van der Waals surface area contributed by atoms with Gasteiger partial charge in [-0.05, 0) is 29.8 Å². The van der Waals surface area contributed by atoms with E-state index < -0.39 is 0 Å². The van der Waals surface area contributed by atoms with Crippen molar-refractivity contribution < 1.29 is 9.53 Å². The average molecular weight is 361 g/mol. The summed E-state index contributed by atoms with van der Waals surface area (Å²) in [5.74, 6) is 0. The standard InChI is InChI=1S/C17H17BrN2O2/c18-14-6-8-15(9-7-14)19-17(21)20-10-11-22-16(12-20)13-4-2-1-3-5-13/h1-9,16H,10-12H2,(H,19,21). The molecule has 1 saturated heterocycles. The molecule has 114 valence electrons. The molecule has 2 aromatic carbocycles. The number of urea groups is 1. The molecule has 1 aliphatic rings. The summed E-state index contributed by atoms with van der Waals surface area (Å²) in [5.41, 5.74) is 1.89. The Hall–Kier alpha value is -1.85. The fourth-order valence-electron chi connectivity index (χ4n) is 2.44. The highest BCUT2D eigenvalue weighted by molar-refractivity contribution is 9.10. The lowest BCUT2D eigenvalue weighted by Crippen LogP contribution is -2.44. The second-order valence-electron chi connectivity index (χ2n) is 5.15. The van der Waals surface area contributed by atoms with Gasteiger partial charge in [-0.2, -0.15) is 0 Å². The Morgan fingerprint density at radius 3 is 2.59 bits per heavy atom. The van der Waals surface area contributed by atoms with Gasteiger partial charge < -0.3 is 15.0 Å². The lowest BCUT2D eigenvalue weighted by molar-refractivity contribution is -0.0135. The van der Waals surface area contributed by atoms with Crippen LogP contribution in [0.2, 0.25) is 0 Å². The van der Waals surface area contributed by atoms with Crippen molar-refractivity contribution in [3.63, 3.8) is 0 Å². The maximum absolute atomic E-state index is 12.4. The molecular formula is C17H17BrN2O2. The van der Waals surface area contributed by atoms with Crippen LogP contribution in [0.3, 0.4) is 0 Å². The van der Waals surface area contributed by atoms with Gasteiger partial charge in [0.05, 0.1) is 13.2 Å².